The van der Waals surface area contributed by atoms with Gasteiger partial charge in [-0.3, -0.25) is 0 Å². The van der Waals surface area contributed by atoms with Gasteiger partial charge in [0, 0.05) is 5.56 Å². The molecule has 1 aromatic heterocycles. The summed E-state index contributed by atoms with van der Waals surface area (Å²) in [5.74, 6) is 1.54. The molecule has 0 aliphatic rings. The second-order valence-corrected chi connectivity index (χ2v) is 5.05. The standard InChI is InChI=1S/C17H22N2O2/c1-2-3-4-5-6-11-21-16-9-7-14(8-10-16)17-18-12-15(20)13-19-17/h7-10,12-13,20H,2-6,11H2,1H3. The molecule has 112 valence electrons. The molecule has 2 aromatic rings. The van der Waals surface area contributed by atoms with Gasteiger partial charge < -0.3 is 9.84 Å². The van der Waals surface area contributed by atoms with Gasteiger partial charge in [-0.15, -0.1) is 0 Å². The molecule has 4 heteroatoms. The predicted molar refractivity (Wildman–Crippen MR) is 83.4 cm³/mol. The summed E-state index contributed by atoms with van der Waals surface area (Å²) in [6.45, 7) is 2.98. The molecule has 0 bridgehead atoms. The minimum Gasteiger partial charge on any atom is -0.505 e. The molecule has 0 radical (unpaired) electrons. The first kappa shape index (κ1) is 15.3. The van der Waals surface area contributed by atoms with E-state index in [9.17, 15) is 5.11 Å². The van der Waals surface area contributed by atoms with E-state index in [1.54, 1.807) is 0 Å². The van der Waals surface area contributed by atoms with Gasteiger partial charge in [0.25, 0.3) is 0 Å². The Balaban J connectivity index is 1.80. The predicted octanol–water partition coefficient (Wildman–Crippen LogP) is 4.20. The van der Waals surface area contributed by atoms with Gasteiger partial charge in [-0.2, -0.15) is 0 Å². The van der Waals surface area contributed by atoms with Crippen LogP contribution in [0.2, 0.25) is 0 Å². The first-order valence-electron chi connectivity index (χ1n) is 7.54. The van der Waals surface area contributed by atoms with Crippen molar-refractivity contribution in [1.82, 2.24) is 9.97 Å². The molecule has 0 unspecified atom stereocenters. The Morgan fingerprint density at radius 3 is 2.29 bits per heavy atom. The highest BCUT2D eigenvalue weighted by atomic mass is 16.5. The average molecular weight is 286 g/mol. The second kappa shape index (κ2) is 8.25. The number of rotatable bonds is 8. The molecular formula is C17H22N2O2. The zero-order chi connectivity index (χ0) is 14.9. The monoisotopic (exact) mass is 286 g/mol. The van der Waals surface area contributed by atoms with E-state index in [2.05, 4.69) is 16.9 Å². The second-order valence-electron chi connectivity index (χ2n) is 5.05. The molecule has 1 N–H and O–H groups in total. The third kappa shape index (κ3) is 5.06. The maximum absolute atomic E-state index is 9.18. The van der Waals surface area contributed by atoms with Crippen molar-refractivity contribution in [2.45, 2.75) is 39.0 Å². The summed E-state index contributed by atoms with van der Waals surface area (Å²) in [6, 6.07) is 7.72. The fourth-order valence-electron chi connectivity index (χ4n) is 2.07. The van der Waals surface area contributed by atoms with Crippen LogP contribution in [0.15, 0.2) is 36.7 Å². The van der Waals surface area contributed by atoms with E-state index in [0.717, 1.165) is 24.3 Å². The van der Waals surface area contributed by atoms with Crippen molar-refractivity contribution in [2.24, 2.45) is 0 Å². The van der Waals surface area contributed by atoms with E-state index in [1.165, 1.54) is 38.1 Å². The fourth-order valence-corrected chi connectivity index (χ4v) is 2.07. The van der Waals surface area contributed by atoms with Gasteiger partial charge in [0.15, 0.2) is 11.6 Å². The maximum atomic E-state index is 9.18. The Labute approximate surface area is 125 Å². The van der Waals surface area contributed by atoms with Crippen LogP contribution in [0, 0.1) is 0 Å². The normalized spacial score (nSPS) is 10.5. The summed E-state index contributed by atoms with van der Waals surface area (Å²) in [5.41, 5.74) is 0.908. The molecule has 1 aromatic carbocycles. The molecule has 0 spiro atoms. The summed E-state index contributed by atoms with van der Waals surface area (Å²) in [5, 5.41) is 9.18. The lowest BCUT2D eigenvalue weighted by molar-refractivity contribution is 0.304. The molecule has 21 heavy (non-hydrogen) atoms. The van der Waals surface area contributed by atoms with E-state index in [0.29, 0.717) is 5.82 Å². The number of hydrogen-bond acceptors (Lipinski definition) is 4. The van der Waals surface area contributed by atoms with Gasteiger partial charge in [0.2, 0.25) is 0 Å². The largest absolute Gasteiger partial charge is 0.505 e. The van der Waals surface area contributed by atoms with Crippen LogP contribution in [0.5, 0.6) is 11.5 Å². The molecule has 0 atom stereocenters. The third-order valence-corrected chi connectivity index (χ3v) is 3.27. The third-order valence-electron chi connectivity index (χ3n) is 3.27. The zero-order valence-electron chi connectivity index (χ0n) is 12.5. The van der Waals surface area contributed by atoms with Crippen LogP contribution >= 0.6 is 0 Å². The summed E-state index contributed by atoms with van der Waals surface area (Å²) < 4.78 is 5.72. The van der Waals surface area contributed by atoms with Gasteiger partial charge in [0.05, 0.1) is 19.0 Å². The molecule has 2 rings (SSSR count). The van der Waals surface area contributed by atoms with E-state index in [1.807, 2.05) is 24.3 Å². The van der Waals surface area contributed by atoms with Gasteiger partial charge >= 0.3 is 0 Å². The molecule has 0 amide bonds. The van der Waals surface area contributed by atoms with Crippen LogP contribution in [0.3, 0.4) is 0 Å². The summed E-state index contributed by atoms with van der Waals surface area (Å²) in [4.78, 5) is 8.16. The minimum atomic E-state index is 0.0711. The first-order chi connectivity index (χ1) is 10.3. The molecule has 0 saturated heterocycles. The number of aromatic nitrogens is 2. The smallest absolute Gasteiger partial charge is 0.159 e. The van der Waals surface area contributed by atoms with Crippen LogP contribution < -0.4 is 4.74 Å². The average Bonchev–Trinajstić information content (AvgIpc) is 2.52. The van der Waals surface area contributed by atoms with E-state index in [-0.39, 0.29) is 5.75 Å². The number of benzene rings is 1. The van der Waals surface area contributed by atoms with Gasteiger partial charge in [-0.25, -0.2) is 9.97 Å². The lowest BCUT2D eigenvalue weighted by atomic mass is 10.2. The molecule has 0 fully saturated rings. The molecule has 0 saturated carbocycles. The Kier molecular flexibility index (Phi) is 6.00. The minimum absolute atomic E-state index is 0.0711. The Bertz CT molecular complexity index is 523. The molecule has 0 aliphatic heterocycles. The number of ether oxygens (including phenoxy) is 1. The van der Waals surface area contributed by atoms with Crippen molar-refractivity contribution in [2.75, 3.05) is 6.61 Å². The van der Waals surface area contributed by atoms with Gasteiger partial charge in [-0.05, 0) is 30.7 Å². The zero-order valence-corrected chi connectivity index (χ0v) is 12.5. The van der Waals surface area contributed by atoms with Crippen molar-refractivity contribution in [3.05, 3.63) is 36.7 Å². The lowest BCUT2D eigenvalue weighted by Crippen LogP contribution is -1.97. The number of unbranched alkanes of at least 4 members (excludes halogenated alkanes) is 4. The van der Waals surface area contributed by atoms with Gasteiger partial charge in [0.1, 0.15) is 5.75 Å². The highest BCUT2D eigenvalue weighted by molar-refractivity contribution is 5.56. The number of aromatic hydroxyl groups is 1. The van der Waals surface area contributed by atoms with Crippen molar-refractivity contribution < 1.29 is 9.84 Å². The van der Waals surface area contributed by atoms with Crippen LogP contribution in [-0.4, -0.2) is 21.7 Å². The molecule has 1 heterocycles. The molecule has 0 aliphatic carbocycles. The van der Waals surface area contributed by atoms with Crippen molar-refractivity contribution in [3.63, 3.8) is 0 Å². The summed E-state index contributed by atoms with van der Waals surface area (Å²) >= 11 is 0. The van der Waals surface area contributed by atoms with E-state index in [4.69, 9.17) is 4.74 Å². The van der Waals surface area contributed by atoms with E-state index < -0.39 is 0 Å². The van der Waals surface area contributed by atoms with Crippen LogP contribution in [-0.2, 0) is 0 Å². The van der Waals surface area contributed by atoms with Crippen LogP contribution in [0.1, 0.15) is 39.0 Å². The Hall–Kier alpha value is -2.10. The maximum Gasteiger partial charge on any atom is 0.159 e. The lowest BCUT2D eigenvalue weighted by Gasteiger charge is -2.07. The SMILES string of the molecule is CCCCCCCOc1ccc(-c2ncc(O)cn2)cc1. The highest BCUT2D eigenvalue weighted by Gasteiger charge is 2.02. The molecule has 4 nitrogen and oxygen atoms in total. The fraction of sp³-hybridized carbons (Fsp3) is 0.412. The topological polar surface area (TPSA) is 55.2 Å². The first-order valence-corrected chi connectivity index (χ1v) is 7.54. The van der Waals surface area contributed by atoms with Gasteiger partial charge in [-0.1, -0.05) is 32.6 Å². The summed E-state index contributed by atoms with van der Waals surface area (Å²) in [6.07, 6.45) is 8.97. The number of nitrogens with zero attached hydrogens (tertiary/aromatic N) is 2. The quantitative estimate of drug-likeness (QED) is 0.739. The molecular weight excluding hydrogens is 264 g/mol. The van der Waals surface area contributed by atoms with Crippen molar-refractivity contribution >= 4 is 0 Å². The van der Waals surface area contributed by atoms with E-state index >= 15 is 0 Å². The van der Waals surface area contributed by atoms with Crippen molar-refractivity contribution in [1.29, 1.82) is 0 Å². The van der Waals surface area contributed by atoms with Crippen LogP contribution in [0.4, 0.5) is 0 Å². The highest BCUT2D eigenvalue weighted by Crippen LogP contribution is 2.20. The number of hydrogen-bond donors (Lipinski definition) is 1. The Morgan fingerprint density at radius 1 is 0.952 bits per heavy atom. The van der Waals surface area contributed by atoms with Crippen LogP contribution in [0.25, 0.3) is 11.4 Å². The van der Waals surface area contributed by atoms with Crippen molar-refractivity contribution in [3.8, 4) is 22.9 Å². The summed E-state index contributed by atoms with van der Waals surface area (Å²) in [7, 11) is 0. The Morgan fingerprint density at radius 2 is 1.62 bits per heavy atom.